The lowest BCUT2D eigenvalue weighted by Crippen LogP contribution is -2.42. The van der Waals surface area contributed by atoms with Crippen LogP contribution in [0.3, 0.4) is 0 Å². The fraction of sp³-hybridized carbons (Fsp3) is 1.00. The molecule has 2 unspecified atom stereocenters. The molecule has 22 heavy (non-hydrogen) atoms. The summed E-state index contributed by atoms with van der Waals surface area (Å²) in [4.78, 5) is 0. The molecule has 0 rings (SSSR count). The summed E-state index contributed by atoms with van der Waals surface area (Å²) in [5.74, 6) is 0. The van der Waals surface area contributed by atoms with Crippen molar-refractivity contribution in [1.29, 1.82) is 0 Å². The molecule has 0 saturated heterocycles. The molecule has 0 amide bonds. The van der Waals surface area contributed by atoms with E-state index in [9.17, 15) is 0 Å². The Labute approximate surface area is 144 Å². The van der Waals surface area contributed by atoms with Crippen LogP contribution in [0.4, 0.5) is 0 Å². The van der Waals surface area contributed by atoms with E-state index in [1.165, 1.54) is 63.9 Å². The minimum atomic E-state index is -0.0757. The van der Waals surface area contributed by atoms with E-state index in [2.05, 4.69) is 43.5 Å². The zero-order valence-electron chi connectivity index (χ0n) is 16.2. The van der Waals surface area contributed by atoms with Crippen LogP contribution in [0, 0.1) is 5.41 Å². The highest BCUT2D eigenvalue weighted by atomic mass is 32.0. The van der Waals surface area contributed by atoms with Gasteiger partial charge in [-0.3, -0.25) is 0 Å². The molecule has 0 saturated carbocycles. The van der Waals surface area contributed by atoms with Crippen molar-refractivity contribution < 1.29 is 4.74 Å². The molecule has 0 radical (unpaired) electrons. The summed E-state index contributed by atoms with van der Waals surface area (Å²) in [5.41, 5.74) is 0.524. The number of hydrogen-bond donors (Lipinski definition) is 0. The largest absolute Gasteiger partial charge is 0.384 e. The number of hydrogen-bond acceptors (Lipinski definition) is 1. The molecule has 0 aromatic rings. The van der Waals surface area contributed by atoms with Gasteiger partial charge in [-0.15, -0.1) is 8.93 Å². The van der Waals surface area contributed by atoms with Gasteiger partial charge < -0.3 is 4.74 Å². The van der Waals surface area contributed by atoms with E-state index in [1.807, 2.05) is 7.11 Å². The van der Waals surface area contributed by atoms with E-state index < -0.39 is 0 Å². The SMILES string of the molecule is CCCCC(CCCC)(CCCC)C(C)(C)P(P)CCOC. The van der Waals surface area contributed by atoms with Crippen molar-refractivity contribution >= 4 is 16.5 Å². The fourth-order valence-electron chi connectivity index (χ4n) is 3.61. The van der Waals surface area contributed by atoms with Gasteiger partial charge in [0.1, 0.15) is 0 Å². The third-order valence-electron chi connectivity index (χ3n) is 5.58. The summed E-state index contributed by atoms with van der Waals surface area (Å²) in [6, 6.07) is 0. The van der Waals surface area contributed by atoms with Crippen LogP contribution in [-0.4, -0.2) is 25.0 Å². The Kier molecular flexibility index (Phi) is 12.7. The molecule has 134 valence electrons. The zero-order chi connectivity index (χ0) is 17.1. The Hall–Kier alpha value is 0.820. The molecule has 0 aliphatic rings. The quantitative estimate of drug-likeness (QED) is 0.301. The van der Waals surface area contributed by atoms with Crippen molar-refractivity contribution in [1.82, 2.24) is 0 Å². The molecule has 0 N–H and O–H groups in total. The summed E-state index contributed by atoms with van der Waals surface area (Å²) >= 11 is 0. The van der Waals surface area contributed by atoms with Crippen molar-refractivity contribution in [2.75, 3.05) is 19.9 Å². The maximum atomic E-state index is 5.37. The predicted octanol–water partition coefficient (Wildman–Crippen LogP) is 7.24. The minimum Gasteiger partial charge on any atom is -0.384 e. The fourth-order valence-corrected chi connectivity index (χ4v) is 6.63. The highest BCUT2D eigenvalue weighted by Gasteiger charge is 2.46. The zero-order valence-corrected chi connectivity index (χ0v) is 18.3. The summed E-state index contributed by atoms with van der Waals surface area (Å²) in [6.45, 7) is 13.0. The van der Waals surface area contributed by atoms with Gasteiger partial charge in [0.15, 0.2) is 0 Å². The third-order valence-corrected chi connectivity index (χ3v) is 10.9. The lowest BCUT2D eigenvalue weighted by atomic mass is 9.66. The molecule has 0 aliphatic heterocycles. The van der Waals surface area contributed by atoms with Crippen LogP contribution in [0.2, 0.25) is 0 Å². The molecule has 2 atom stereocenters. The van der Waals surface area contributed by atoms with Gasteiger partial charge in [0, 0.05) is 7.11 Å². The van der Waals surface area contributed by atoms with E-state index in [-0.39, 0.29) is 7.61 Å². The van der Waals surface area contributed by atoms with Crippen molar-refractivity contribution in [2.24, 2.45) is 5.41 Å². The first-order valence-corrected chi connectivity index (χ1v) is 12.6. The van der Waals surface area contributed by atoms with Crippen LogP contribution in [-0.2, 0) is 4.74 Å². The Morgan fingerprint density at radius 1 is 0.864 bits per heavy atom. The molecule has 0 fully saturated rings. The lowest BCUT2D eigenvalue weighted by molar-refractivity contribution is 0.145. The van der Waals surface area contributed by atoms with Gasteiger partial charge in [-0.2, -0.15) is 0 Å². The summed E-state index contributed by atoms with van der Waals surface area (Å²) in [6.07, 6.45) is 13.6. The van der Waals surface area contributed by atoms with Crippen molar-refractivity contribution in [3.8, 4) is 0 Å². The first-order valence-electron chi connectivity index (χ1n) is 9.43. The molecule has 0 bridgehead atoms. The van der Waals surface area contributed by atoms with Crippen LogP contribution in [0.1, 0.15) is 92.4 Å². The molecule has 0 spiro atoms. The highest BCUT2D eigenvalue weighted by Crippen LogP contribution is 2.66. The molecular formula is C19H42OP2. The second-order valence-electron chi connectivity index (χ2n) is 7.34. The van der Waals surface area contributed by atoms with Gasteiger partial charge in [0.2, 0.25) is 0 Å². The third kappa shape index (κ3) is 6.75. The number of methoxy groups -OCH3 is 1. The van der Waals surface area contributed by atoms with Gasteiger partial charge in [-0.05, 0) is 36.0 Å². The van der Waals surface area contributed by atoms with E-state index >= 15 is 0 Å². The predicted molar refractivity (Wildman–Crippen MR) is 108 cm³/mol. The standard InChI is InChI=1S/C19H42OP2/c1-7-10-13-19(14-11-8-2,15-12-9-3)18(4,5)22(21)17-16-20-6/h7-17,21H2,1-6H3. The highest BCUT2D eigenvalue weighted by molar-refractivity contribution is 8.14. The molecule has 0 aromatic heterocycles. The van der Waals surface area contributed by atoms with E-state index in [1.54, 1.807) is 0 Å². The Morgan fingerprint density at radius 3 is 1.59 bits per heavy atom. The van der Waals surface area contributed by atoms with Crippen LogP contribution >= 0.6 is 16.5 Å². The van der Waals surface area contributed by atoms with Gasteiger partial charge in [-0.25, -0.2) is 0 Å². The van der Waals surface area contributed by atoms with Gasteiger partial charge in [-0.1, -0.05) is 80.8 Å². The van der Waals surface area contributed by atoms with Gasteiger partial charge in [0.05, 0.1) is 6.61 Å². The molecular weight excluding hydrogens is 306 g/mol. The second kappa shape index (κ2) is 12.2. The van der Waals surface area contributed by atoms with Crippen molar-refractivity contribution in [2.45, 2.75) is 97.6 Å². The second-order valence-corrected chi connectivity index (χ2v) is 11.7. The topological polar surface area (TPSA) is 9.23 Å². The van der Waals surface area contributed by atoms with E-state index in [0.717, 1.165) is 6.61 Å². The lowest BCUT2D eigenvalue weighted by Gasteiger charge is -2.51. The van der Waals surface area contributed by atoms with E-state index in [4.69, 9.17) is 4.74 Å². The first-order chi connectivity index (χ1) is 10.4. The molecule has 1 nitrogen and oxygen atoms in total. The van der Waals surface area contributed by atoms with Crippen LogP contribution in [0.15, 0.2) is 0 Å². The number of ether oxygens (including phenoxy) is 1. The van der Waals surface area contributed by atoms with Crippen molar-refractivity contribution in [3.05, 3.63) is 0 Å². The summed E-state index contributed by atoms with van der Waals surface area (Å²) < 4.78 is 5.37. The first kappa shape index (κ1) is 22.8. The van der Waals surface area contributed by atoms with Crippen molar-refractivity contribution in [3.63, 3.8) is 0 Å². The molecule has 0 heterocycles. The van der Waals surface area contributed by atoms with Crippen LogP contribution < -0.4 is 0 Å². The maximum absolute atomic E-state index is 5.37. The molecule has 3 heteroatoms. The van der Waals surface area contributed by atoms with Crippen LogP contribution in [0.25, 0.3) is 0 Å². The normalized spacial score (nSPS) is 14.3. The van der Waals surface area contributed by atoms with Gasteiger partial charge in [0.25, 0.3) is 0 Å². The minimum absolute atomic E-state index is 0.0757. The van der Waals surface area contributed by atoms with Crippen LogP contribution in [0.5, 0.6) is 0 Å². The van der Waals surface area contributed by atoms with Gasteiger partial charge >= 0.3 is 0 Å². The smallest absolute Gasteiger partial charge is 0.0504 e. The van der Waals surface area contributed by atoms with E-state index in [0.29, 0.717) is 10.6 Å². The number of unbranched alkanes of at least 4 members (excludes halogenated alkanes) is 3. The maximum Gasteiger partial charge on any atom is 0.0504 e. The summed E-state index contributed by atoms with van der Waals surface area (Å²) in [7, 11) is 4.98. The Balaban J connectivity index is 5.32. The average Bonchev–Trinajstić information content (AvgIpc) is 2.51. The Morgan fingerprint density at radius 2 is 1.27 bits per heavy atom. The summed E-state index contributed by atoms with van der Waals surface area (Å²) in [5, 5.41) is 0.422. The monoisotopic (exact) mass is 348 g/mol. The Bertz CT molecular complexity index is 244. The molecule has 0 aromatic carbocycles. The molecule has 0 aliphatic carbocycles. The number of rotatable bonds is 14. The average molecular weight is 348 g/mol.